The molecule has 1 saturated carbocycles. The van der Waals surface area contributed by atoms with Crippen molar-refractivity contribution in [2.75, 3.05) is 12.4 Å². The van der Waals surface area contributed by atoms with Gasteiger partial charge in [-0.3, -0.25) is 4.79 Å². The van der Waals surface area contributed by atoms with Crippen molar-refractivity contribution >= 4 is 34.0 Å². The van der Waals surface area contributed by atoms with E-state index >= 15 is 0 Å². The van der Waals surface area contributed by atoms with Gasteiger partial charge in [-0.15, -0.1) is 12.4 Å². The van der Waals surface area contributed by atoms with E-state index in [0.29, 0.717) is 24.1 Å². The molecule has 0 aromatic heterocycles. The Balaban J connectivity index is 0.00000264. The first-order valence-electron chi connectivity index (χ1n) is 7.44. The van der Waals surface area contributed by atoms with Gasteiger partial charge in [-0.25, -0.2) is 13.1 Å². The smallest absolute Gasteiger partial charge is 0.244 e. The summed E-state index contributed by atoms with van der Waals surface area (Å²) in [5, 5.41) is 2.80. The lowest BCUT2D eigenvalue weighted by molar-refractivity contribution is -0.122. The van der Waals surface area contributed by atoms with E-state index in [4.69, 9.17) is 5.73 Å². The quantitative estimate of drug-likeness (QED) is 0.762. The van der Waals surface area contributed by atoms with Crippen molar-refractivity contribution in [2.24, 2.45) is 5.73 Å². The lowest BCUT2D eigenvalue weighted by atomic mass is 9.82. The average Bonchev–Trinajstić information content (AvgIpc) is 2.50. The Morgan fingerprint density at radius 1 is 1.22 bits per heavy atom. The Kier molecular flexibility index (Phi) is 6.59. The number of anilines is 1. The highest BCUT2D eigenvalue weighted by Crippen LogP contribution is 2.29. The van der Waals surface area contributed by atoms with Gasteiger partial charge in [0.1, 0.15) is 0 Å². The number of nitrogens with two attached hydrogens (primary N) is 1. The number of hydrogen-bond donors (Lipinski definition) is 3. The van der Waals surface area contributed by atoms with Gasteiger partial charge in [-0.2, -0.15) is 0 Å². The van der Waals surface area contributed by atoms with Crippen molar-refractivity contribution in [3.63, 3.8) is 0 Å². The van der Waals surface area contributed by atoms with Crippen LogP contribution in [0.2, 0.25) is 0 Å². The summed E-state index contributed by atoms with van der Waals surface area (Å²) in [4.78, 5) is 12.6. The number of amides is 1. The summed E-state index contributed by atoms with van der Waals surface area (Å²) in [6.45, 7) is 1.67. The number of carbonyl (C=O) groups excluding carboxylic acids is 1. The fraction of sp³-hybridized carbons (Fsp3) is 0.533. The Morgan fingerprint density at radius 3 is 2.39 bits per heavy atom. The van der Waals surface area contributed by atoms with Crippen molar-refractivity contribution in [1.82, 2.24) is 4.72 Å². The molecule has 1 aliphatic carbocycles. The molecule has 1 aromatic rings. The molecule has 1 aliphatic rings. The molecule has 0 unspecified atom stereocenters. The minimum atomic E-state index is -3.56. The number of nitrogens with one attached hydrogen (secondary N) is 2. The van der Waals surface area contributed by atoms with Gasteiger partial charge in [0.05, 0.1) is 10.4 Å². The summed E-state index contributed by atoms with van der Waals surface area (Å²) in [7, 11) is -2.20. The highest BCUT2D eigenvalue weighted by molar-refractivity contribution is 7.89. The van der Waals surface area contributed by atoms with Crippen LogP contribution in [-0.2, 0) is 14.8 Å². The van der Waals surface area contributed by atoms with E-state index in [-0.39, 0.29) is 23.2 Å². The maximum atomic E-state index is 12.5. The summed E-state index contributed by atoms with van der Waals surface area (Å²) in [6.07, 6.45) is 4.30. The molecule has 23 heavy (non-hydrogen) atoms. The van der Waals surface area contributed by atoms with E-state index in [1.807, 2.05) is 0 Å². The van der Waals surface area contributed by atoms with Crippen LogP contribution in [0.4, 0.5) is 5.69 Å². The topological polar surface area (TPSA) is 101 Å². The number of sulfonamides is 1. The standard InChI is InChI=1S/C15H23N3O3S.ClH/c1-11-12(7-6-8-13(11)22(20,21)17-2)18-14(19)15(16)9-4-3-5-10-15;/h6-8,17H,3-5,9-10,16H2,1-2H3,(H,18,19);1H. The minimum Gasteiger partial charge on any atom is -0.324 e. The molecule has 0 saturated heterocycles. The predicted octanol–water partition coefficient (Wildman–Crippen LogP) is 1.93. The van der Waals surface area contributed by atoms with E-state index in [0.717, 1.165) is 19.3 Å². The van der Waals surface area contributed by atoms with Crippen molar-refractivity contribution in [3.05, 3.63) is 23.8 Å². The molecule has 0 radical (unpaired) electrons. The normalized spacial score (nSPS) is 17.2. The second-order valence-corrected chi connectivity index (χ2v) is 7.66. The second kappa shape index (κ2) is 7.61. The number of halogens is 1. The molecule has 130 valence electrons. The lowest BCUT2D eigenvalue weighted by Crippen LogP contribution is -2.52. The van der Waals surface area contributed by atoms with Crippen molar-refractivity contribution in [3.8, 4) is 0 Å². The Hall–Kier alpha value is -1.15. The number of benzene rings is 1. The highest BCUT2D eigenvalue weighted by Gasteiger charge is 2.35. The van der Waals surface area contributed by atoms with Gasteiger partial charge in [0, 0.05) is 5.69 Å². The van der Waals surface area contributed by atoms with Gasteiger partial charge in [-0.1, -0.05) is 25.3 Å². The molecule has 0 heterocycles. The first-order chi connectivity index (χ1) is 10.3. The Labute approximate surface area is 143 Å². The third-order valence-electron chi connectivity index (χ3n) is 4.29. The largest absolute Gasteiger partial charge is 0.324 e. The van der Waals surface area contributed by atoms with Crippen LogP contribution in [0.25, 0.3) is 0 Å². The Bertz CT molecular complexity index is 671. The molecule has 4 N–H and O–H groups in total. The molecule has 0 atom stereocenters. The molecule has 1 aromatic carbocycles. The molecule has 0 aliphatic heterocycles. The summed E-state index contributed by atoms with van der Waals surface area (Å²) in [6, 6.07) is 4.81. The monoisotopic (exact) mass is 361 g/mol. The third kappa shape index (κ3) is 4.23. The summed E-state index contributed by atoms with van der Waals surface area (Å²) in [5.74, 6) is -0.241. The van der Waals surface area contributed by atoms with Gasteiger partial charge in [-0.05, 0) is 44.5 Å². The van der Waals surface area contributed by atoms with E-state index in [1.165, 1.54) is 13.1 Å². The van der Waals surface area contributed by atoms with Gasteiger partial charge in [0.15, 0.2) is 0 Å². The van der Waals surface area contributed by atoms with Crippen LogP contribution in [0.1, 0.15) is 37.7 Å². The molecular formula is C15H24ClN3O3S. The summed E-state index contributed by atoms with van der Waals surface area (Å²) >= 11 is 0. The number of hydrogen-bond acceptors (Lipinski definition) is 4. The van der Waals surface area contributed by atoms with Gasteiger partial charge >= 0.3 is 0 Å². The first kappa shape index (κ1) is 19.9. The zero-order chi connectivity index (χ0) is 16.4. The van der Waals surface area contributed by atoms with Gasteiger partial charge in [0.25, 0.3) is 0 Å². The summed E-state index contributed by atoms with van der Waals surface area (Å²) in [5.41, 5.74) is 6.34. The zero-order valence-electron chi connectivity index (χ0n) is 13.4. The van der Waals surface area contributed by atoms with Crippen LogP contribution in [0.15, 0.2) is 23.1 Å². The molecule has 0 bridgehead atoms. The lowest BCUT2D eigenvalue weighted by Gasteiger charge is -2.32. The van der Waals surface area contributed by atoms with Crippen LogP contribution >= 0.6 is 12.4 Å². The third-order valence-corrected chi connectivity index (χ3v) is 5.85. The molecule has 6 nitrogen and oxygen atoms in total. The maximum absolute atomic E-state index is 12.5. The minimum absolute atomic E-state index is 0. The second-order valence-electron chi connectivity index (χ2n) is 5.81. The highest BCUT2D eigenvalue weighted by atomic mass is 35.5. The number of carbonyl (C=O) groups is 1. The van der Waals surface area contributed by atoms with Crippen molar-refractivity contribution in [1.29, 1.82) is 0 Å². The maximum Gasteiger partial charge on any atom is 0.244 e. The van der Waals surface area contributed by atoms with E-state index in [1.54, 1.807) is 19.1 Å². The molecule has 0 spiro atoms. The molecule has 2 rings (SSSR count). The fourth-order valence-corrected chi connectivity index (χ4v) is 3.80. The number of rotatable bonds is 4. The van der Waals surface area contributed by atoms with Crippen LogP contribution in [0.3, 0.4) is 0 Å². The SMILES string of the molecule is CNS(=O)(=O)c1cccc(NC(=O)C2(N)CCCCC2)c1C.Cl. The fourth-order valence-electron chi connectivity index (χ4n) is 2.81. The van der Waals surface area contributed by atoms with E-state index in [9.17, 15) is 13.2 Å². The van der Waals surface area contributed by atoms with Crippen LogP contribution in [0.5, 0.6) is 0 Å². The van der Waals surface area contributed by atoms with Gasteiger partial charge in [0.2, 0.25) is 15.9 Å². The average molecular weight is 362 g/mol. The summed E-state index contributed by atoms with van der Waals surface area (Å²) < 4.78 is 26.2. The van der Waals surface area contributed by atoms with E-state index in [2.05, 4.69) is 10.0 Å². The zero-order valence-corrected chi connectivity index (χ0v) is 15.0. The Morgan fingerprint density at radius 2 is 1.83 bits per heavy atom. The van der Waals surface area contributed by atoms with E-state index < -0.39 is 15.6 Å². The van der Waals surface area contributed by atoms with Crippen LogP contribution in [-0.4, -0.2) is 26.9 Å². The molecule has 8 heteroatoms. The molecule has 1 amide bonds. The van der Waals surface area contributed by atoms with Crippen LogP contribution in [0, 0.1) is 6.92 Å². The first-order valence-corrected chi connectivity index (χ1v) is 8.92. The van der Waals surface area contributed by atoms with Crippen molar-refractivity contribution in [2.45, 2.75) is 49.5 Å². The van der Waals surface area contributed by atoms with Crippen LogP contribution < -0.4 is 15.8 Å². The van der Waals surface area contributed by atoms with Crippen molar-refractivity contribution < 1.29 is 13.2 Å². The molecule has 1 fully saturated rings. The molecular weight excluding hydrogens is 338 g/mol. The van der Waals surface area contributed by atoms with Gasteiger partial charge < -0.3 is 11.1 Å². The predicted molar refractivity (Wildman–Crippen MR) is 93.3 cm³/mol.